The van der Waals surface area contributed by atoms with E-state index in [0.29, 0.717) is 19.3 Å². The summed E-state index contributed by atoms with van der Waals surface area (Å²) in [6.45, 7) is 6.66. The van der Waals surface area contributed by atoms with Gasteiger partial charge in [0.25, 0.3) is 0 Å². The Balaban J connectivity index is 4.08. The van der Waals surface area contributed by atoms with E-state index in [1.54, 1.807) is 0 Å². The number of hydrogen-bond donors (Lipinski definition) is 0. The predicted octanol–water partition coefficient (Wildman–Crippen LogP) is 23.6. The molecule has 6 nitrogen and oxygen atoms in total. The van der Waals surface area contributed by atoms with Crippen LogP contribution in [0.2, 0.25) is 0 Å². The molecule has 0 aliphatic heterocycles. The van der Waals surface area contributed by atoms with Gasteiger partial charge in [0.1, 0.15) is 13.2 Å². The highest BCUT2D eigenvalue weighted by Crippen LogP contribution is 2.19. The first-order chi connectivity index (χ1) is 37.5. The van der Waals surface area contributed by atoms with Crippen LogP contribution < -0.4 is 0 Å². The average molecular weight is 1070 g/mol. The van der Waals surface area contributed by atoms with Crippen molar-refractivity contribution < 1.29 is 28.6 Å². The first kappa shape index (κ1) is 74.2. The summed E-state index contributed by atoms with van der Waals surface area (Å²) < 4.78 is 16.9. The highest BCUT2D eigenvalue weighted by Gasteiger charge is 2.19. The van der Waals surface area contributed by atoms with Gasteiger partial charge in [-0.05, 0) is 38.5 Å². The van der Waals surface area contributed by atoms with Gasteiger partial charge in [-0.3, -0.25) is 14.4 Å². The predicted molar refractivity (Wildman–Crippen MR) is 330 cm³/mol. The summed E-state index contributed by atoms with van der Waals surface area (Å²) in [7, 11) is 0. The molecule has 0 aromatic heterocycles. The smallest absolute Gasteiger partial charge is 0.306 e. The van der Waals surface area contributed by atoms with Crippen molar-refractivity contribution >= 4 is 17.9 Å². The van der Waals surface area contributed by atoms with E-state index in [9.17, 15) is 14.4 Å². The molecule has 1 atom stereocenters. The number of rotatable bonds is 65. The summed E-state index contributed by atoms with van der Waals surface area (Å²) >= 11 is 0. The summed E-state index contributed by atoms with van der Waals surface area (Å²) in [6, 6.07) is 0. The lowest BCUT2D eigenvalue weighted by molar-refractivity contribution is -0.167. The van der Waals surface area contributed by atoms with E-state index in [4.69, 9.17) is 14.2 Å². The average Bonchev–Trinajstić information content (AvgIpc) is 3.42. The molecule has 0 aliphatic rings. The Bertz CT molecular complexity index is 1180. The molecule has 0 spiro atoms. The van der Waals surface area contributed by atoms with Crippen molar-refractivity contribution in [1.29, 1.82) is 0 Å². The van der Waals surface area contributed by atoms with E-state index in [0.717, 1.165) is 70.6 Å². The molecule has 0 aromatic carbocycles. The van der Waals surface area contributed by atoms with Crippen molar-refractivity contribution in [3.63, 3.8) is 0 Å². The van der Waals surface area contributed by atoms with Crippen molar-refractivity contribution in [2.45, 2.75) is 406 Å². The molecule has 0 bridgehead atoms. The highest BCUT2D eigenvalue weighted by molar-refractivity contribution is 5.71. The minimum Gasteiger partial charge on any atom is -0.462 e. The maximum Gasteiger partial charge on any atom is 0.306 e. The van der Waals surface area contributed by atoms with Gasteiger partial charge >= 0.3 is 17.9 Å². The Morgan fingerprint density at radius 3 is 0.711 bits per heavy atom. The fraction of sp³-hybridized carbons (Fsp3) is 0.929. The van der Waals surface area contributed by atoms with Crippen LogP contribution in [0.25, 0.3) is 0 Å². The summed E-state index contributed by atoms with van der Waals surface area (Å²) in [5, 5.41) is 0. The topological polar surface area (TPSA) is 78.9 Å². The van der Waals surface area contributed by atoms with Crippen LogP contribution in [0.15, 0.2) is 12.2 Å². The third-order valence-electron chi connectivity index (χ3n) is 16.0. The first-order valence-corrected chi connectivity index (χ1v) is 34.7. The number of carbonyl (C=O) groups is 3. The van der Waals surface area contributed by atoms with Crippen molar-refractivity contribution in [3.8, 4) is 0 Å². The highest BCUT2D eigenvalue weighted by atomic mass is 16.6. The third kappa shape index (κ3) is 63.0. The molecule has 0 fully saturated rings. The minimum absolute atomic E-state index is 0.0662. The maximum atomic E-state index is 12.9. The molecule has 0 N–H and O–H groups in total. The van der Waals surface area contributed by atoms with E-state index >= 15 is 0 Å². The fourth-order valence-corrected chi connectivity index (χ4v) is 10.8. The van der Waals surface area contributed by atoms with E-state index in [2.05, 4.69) is 32.9 Å². The Hall–Kier alpha value is -1.85. The van der Waals surface area contributed by atoms with Gasteiger partial charge in [0.2, 0.25) is 0 Å². The van der Waals surface area contributed by atoms with Crippen LogP contribution in [0.1, 0.15) is 400 Å². The summed E-state index contributed by atoms with van der Waals surface area (Å²) in [4.78, 5) is 38.3. The number of carbonyl (C=O) groups excluding carboxylic acids is 3. The van der Waals surface area contributed by atoms with Crippen molar-refractivity contribution in [1.82, 2.24) is 0 Å². The number of ether oxygens (including phenoxy) is 3. The second kappa shape index (κ2) is 65.7. The normalized spacial score (nSPS) is 12.0. The van der Waals surface area contributed by atoms with Crippen LogP contribution in [0.3, 0.4) is 0 Å². The molecule has 450 valence electrons. The van der Waals surface area contributed by atoms with Gasteiger partial charge in [-0.1, -0.05) is 354 Å². The van der Waals surface area contributed by atoms with Gasteiger partial charge in [0, 0.05) is 19.3 Å². The Morgan fingerprint density at radius 1 is 0.250 bits per heavy atom. The number of allylic oxidation sites excluding steroid dienone is 2. The molecular formula is C70H134O6. The molecule has 0 rings (SSSR count). The maximum absolute atomic E-state index is 12.9. The van der Waals surface area contributed by atoms with Crippen LogP contribution in [-0.2, 0) is 28.6 Å². The Kier molecular flexibility index (Phi) is 64.1. The lowest BCUT2D eigenvalue weighted by Gasteiger charge is -2.18. The van der Waals surface area contributed by atoms with Gasteiger partial charge < -0.3 is 14.2 Å². The van der Waals surface area contributed by atoms with Gasteiger partial charge in [0.15, 0.2) is 6.10 Å². The number of unbranched alkanes of at least 4 members (excludes halogenated alkanes) is 52. The molecule has 6 heteroatoms. The molecule has 0 saturated carbocycles. The SMILES string of the molecule is CCC/C=C\CCCCCCCC(=O)OCC(COC(=O)CCCCCCCCCCCCCCCCCCCCCCCCCCCCCCC)OC(=O)CCCCCCCCCCCCCCCCCCCCC. The van der Waals surface area contributed by atoms with E-state index in [-0.39, 0.29) is 31.1 Å². The molecule has 0 aromatic rings. The van der Waals surface area contributed by atoms with Crippen LogP contribution in [0, 0.1) is 0 Å². The van der Waals surface area contributed by atoms with Gasteiger partial charge in [-0.25, -0.2) is 0 Å². The second-order valence-corrected chi connectivity index (χ2v) is 23.8. The molecule has 76 heavy (non-hydrogen) atoms. The monoisotopic (exact) mass is 1070 g/mol. The first-order valence-electron chi connectivity index (χ1n) is 34.7. The van der Waals surface area contributed by atoms with Crippen LogP contribution in [0.4, 0.5) is 0 Å². The lowest BCUT2D eigenvalue weighted by Crippen LogP contribution is -2.30. The standard InChI is InChI=1S/C70H134O6/c1-4-7-10-13-16-19-22-24-26-28-30-31-32-33-34-35-36-37-38-39-41-42-44-46-48-51-54-57-60-63-69(72)75-66-67(65-74-68(71)62-59-56-53-50-21-18-15-12-9-6-3)76-70(73)64-61-58-55-52-49-47-45-43-40-29-27-25-23-20-17-14-11-8-5-2/h12,15,67H,4-11,13-14,16-66H2,1-3H3/b15-12-. The largest absolute Gasteiger partial charge is 0.462 e. The summed E-state index contributed by atoms with van der Waals surface area (Å²) in [6.07, 6.45) is 78.3. The molecule has 0 amide bonds. The zero-order valence-electron chi connectivity index (χ0n) is 51.8. The van der Waals surface area contributed by atoms with Crippen LogP contribution >= 0.6 is 0 Å². The number of esters is 3. The summed E-state index contributed by atoms with van der Waals surface area (Å²) in [5.41, 5.74) is 0. The van der Waals surface area contributed by atoms with E-state index < -0.39 is 6.10 Å². The summed E-state index contributed by atoms with van der Waals surface area (Å²) in [5.74, 6) is -0.846. The minimum atomic E-state index is -0.768. The Labute approximate surface area is 475 Å². The van der Waals surface area contributed by atoms with Gasteiger partial charge in [-0.15, -0.1) is 0 Å². The zero-order chi connectivity index (χ0) is 55.0. The quantitative estimate of drug-likeness (QED) is 0.0261. The van der Waals surface area contributed by atoms with E-state index in [1.165, 1.54) is 289 Å². The molecule has 0 heterocycles. The van der Waals surface area contributed by atoms with Gasteiger partial charge in [-0.2, -0.15) is 0 Å². The van der Waals surface area contributed by atoms with Crippen molar-refractivity contribution in [2.24, 2.45) is 0 Å². The Morgan fingerprint density at radius 2 is 0.461 bits per heavy atom. The molecule has 0 saturated heterocycles. The van der Waals surface area contributed by atoms with Crippen LogP contribution in [0.5, 0.6) is 0 Å². The second-order valence-electron chi connectivity index (χ2n) is 23.8. The van der Waals surface area contributed by atoms with Crippen LogP contribution in [-0.4, -0.2) is 37.2 Å². The third-order valence-corrected chi connectivity index (χ3v) is 16.0. The number of hydrogen-bond acceptors (Lipinski definition) is 6. The lowest BCUT2D eigenvalue weighted by atomic mass is 10.0. The van der Waals surface area contributed by atoms with Crippen molar-refractivity contribution in [3.05, 3.63) is 12.2 Å². The van der Waals surface area contributed by atoms with Gasteiger partial charge in [0.05, 0.1) is 0 Å². The molecular weight excluding hydrogens is 937 g/mol. The van der Waals surface area contributed by atoms with E-state index in [1.807, 2.05) is 0 Å². The fourth-order valence-electron chi connectivity index (χ4n) is 10.8. The molecule has 0 aliphatic carbocycles. The molecule has 0 radical (unpaired) electrons. The zero-order valence-corrected chi connectivity index (χ0v) is 51.8. The molecule has 1 unspecified atom stereocenters. The van der Waals surface area contributed by atoms with Crippen molar-refractivity contribution in [2.75, 3.05) is 13.2 Å².